The van der Waals surface area contributed by atoms with Crippen molar-refractivity contribution in [2.75, 3.05) is 6.54 Å². The van der Waals surface area contributed by atoms with Crippen LogP contribution in [-0.2, 0) is 27.4 Å². The van der Waals surface area contributed by atoms with Crippen LogP contribution in [0, 0.1) is 6.92 Å². The molecule has 0 aliphatic carbocycles. The lowest BCUT2D eigenvalue weighted by molar-refractivity contribution is -0.142. The molecule has 0 bridgehead atoms. The summed E-state index contributed by atoms with van der Waals surface area (Å²) in [7, 11) is 0. The standard InChI is InChI=1S/C22H26N2O6/c1-15-6-5-9-17(10-15)11-19(21(27)28)24-20(26)12-18(25)13-23-22(29)30-14-16-7-3-2-4-8-16/h2-10,18-19,25H,11-14H2,1H3,(H,23,29)(H,24,26)(H,27,28)/t18-,19+/m1/s1. The van der Waals surface area contributed by atoms with Gasteiger partial charge in [0.2, 0.25) is 5.91 Å². The lowest BCUT2D eigenvalue weighted by Crippen LogP contribution is -2.44. The Morgan fingerprint density at radius 1 is 1.03 bits per heavy atom. The zero-order valence-electron chi connectivity index (χ0n) is 16.7. The van der Waals surface area contributed by atoms with Crippen molar-refractivity contribution in [3.63, 3.8) is 0 Å². The minimum Gasteiger partial charge on any atom is -0.480 e. The molecule has 30 heavy (non-hydrogen) atoms. The summed E-state index contributed by atoms with van der Waals surface area (Å²) in [5, 5.41) is 24.1. The molecule has 2 rings (SSSR count). The molecule has 0 heterocycles. The highest BCUT2D eigenvalue weighted by molar-refractivity contribution is 5.84. The summed E-state index contributed by atoms with van der Waals surface area (Å²) in [6.07, 6.45) is -2.12. The van der Waals surface area contributed by atoms with Crippen LogP contribution in [0.3, 0.4) is 0 Å². The predicted octanol–water partition coefficient (Wildman–Crippen LogP) is 1.78. The van der Waals surface area contributed by atoms with Crippen LogP contribution in [0.25, 0.3) is 0 Å². The van der Waals surface area contributed by atoms with Crippen LogP contribution in [0.2, 0.25) is 0 Å². The van der Waals surface area contributed by atoms with E-state index in [2.05, 4.69) is 10.6 Å². The number of carboxylic acid groups (broad SMARTS) is 1. The third-order valence-corrected chi connectivity index (χ3v) is 4.27. The molecule has 0 radical (unpaired) electrons. The Balaban J connectivity index is 1.73. The number of carbonyl (C=O) groups excluding carboxylic acids is 2. The molecule has 0 aliphatic heterocycles. The number of hydrogen-bond acceptors (Lipinski definition) is 5. The Morgan fingerprint density at radius 3 is 2.40 bits per heavy atom. The monoisotopic (exact) mass is 414 g/mol. The number of hydrogen-bond donors (Lipinski definition) is 4. The molecule has 0 aliphatic rings. The summed E-state index contributed by atoms with van der Waals surface area (Å²) >= 11 is 0. The third-order valence-electron chi connectivity index (χ3n) is 4.27. The van der Waals surface area contributed by atoms with Gasteiger partial charge in [0.1, 0.15) is 12.6 Å². The van der Waals surface area contributed by atoms with Crippen molar-refractivity contribution < 1.29 is 29.3 Å². The number of carboxylic acids is 1. The second kappa shape index (κ2) is 11.6. The Kier molecular flexibility index (Phi) is 8.83. The van der Waals surface area contributed by atoms with Crippen LogP contribution in [0.4, 0.5) is 4.79 Å². The van der Waals surface area contributed by atoms with E-state index < -0.39 is 30.1 Å². The van der Waals surface area contributed by atoms with Gasteiger partial charge < -0.3 is 25.6 Å². The van der Waals surface area contributed by atoms with Crippen molar-refractivity contribution >= 4 is 18.0 Å². The first-order valence-corrected chi connectivity index (χ1v) is 9.54. The van der Waals surface area contributed by atoms with Gasteiger partial charge in [-0.3, -0.25) is 4.79 Å². The highest BCUT2D eigenvalue weighted by Crippen LogP contribution is 2.08. The van der Waals surface area contributed by atoms with Crippen LogP contribution < -0.4 is 10.6 Å². The second-order valence-corrected chi connectivity index (χ2v) is 6.95. The van der Waals surface area contributed by atoms with E-state index in [0.717, 1.165) is 16.7 Å². The molecule has 0 unspecified atom stereocenters. The minimum absolute atomic E-state index is 0.0858. The number of carbonyl (C=O) groups is 3. The van der Waals surface area contributed by atoms with Gasteiger partial charge in [-0.2, -0.15) is 0 Å². The number of aliphatic hydroxyl groups is 1. The zero-order chi connectivity index (χ0) is 21.9. The fourth-order valence-corrected chi connectivity index (χ4v) is 2.79. The molecule has 0 saturated heterocycles. The molecule has 0 saturated carbocycles. The average molecular weight is 414 g/mol. The predicted molar refractivity (Wildman–Crippen MR) is 110 cm³/mol. The summed E-state index contributed by atoms with van der Waals surface area (Å²) in [5.74, 6) is -1.79. The molecule has 8 nitrogen and oxygen atoms in total. The summed E-state index contributed by atoms with van der Waals surface area (Å²) < 4.78 is 5.02. The highest BCUT2D eigenvalue weighted by atomic mass is 16.5. The van der Waals surface area contributed by atoms with Gasteiger partial charge in [0, 0.05) is 13.0 Å². The molecule has 160 valence electrons. The zero-order valence-corrected chi connectivity index (χ0v) is 16.7. The molecule has 2 amide bonds. The highest BCUT2D eigenvalue weighted by Gasteiger charge is 2.22. The first-order chi connectivity index (χ1) is 14.3. The largest absolute Gasteiger partial charge is 0.480 e. The van der Waals surface area contributed by atoms with Crippen molar-refractivity contribution in [2.24, 2.45) is 0 Å². The number of rotatable bonds is 10. The van der Waals surface area contributed by atoms with Crippen LogP contribution in [-0.4, -0.2) is 46.9 Å². The lowest BCUT2D eigenvalue weighted by Gasteiger charge is -2.17. The number of benzene rings is 2. The van der Waals surface area contributed by atoms with Gasteiger partial charge in [-0.15, -0.1) is 0 Å². The molecule has 2 atom stereocenters. The number of aliphatic carboxylic acids is 1. The average Bonchev–Trinajstić information content (AvgIpc) is 2.71. The van der Waals surface area contributed by atoms with Gasteiger partial charge in [0.05, 0.1) is 12.5 Å². The van der Waals surface area contributed by atoms with E-state index in [1.807, 2.05) is 55.5 Å². The smallest absolute Gasteiger partial charge is 0.407 e. The first kappa shape index (κ1) is 22.9. The fourth-order valence-electron chi connectivity index (χ4n) is 2.79. The van der Waals surface area contributed by atoms with E-state index in [4.69, 9.17) is 4.74 Å². The number of nitrogens with one attached hydrogen (secondary N) is 2. The summed E-state index contributed by atoms with van der Waals surface area (Å²) in [4.78, 5) is 35.2. The molecular weight excluding hydrogens is 388 g/mol. The molecule has 0 spiro atoms. The molecular formula is C22H26N2O6. The summed E-state index contributed by atoms with van der Waals surface area (Å²) in [6.45, 7) is 1.78. The van der Waals surface area contributed by atoms with Gasteiger partial charge in [-0.1, -0.05) is 60.2 Å². The van der Waals surface area contributed by atoms with Crippen LogP contribution in [0.5, 0.6) is 0 Å². The number of amides is 2. The maximum atomic E-state index is 12.1. The van der Waals surface area contributed by atoms with E-state index in [1.54, 1.807) is 6.07 Å². The molecule has 0 aromatic heterocycles. The summed E-state index contributed by atoms with van der Waals surface area (Å²) in [5.41, 5.74) is 2.59. The van der Waals surface area contributed by atoms with Crippen molar-refractivity contribution in [1.82, 2.24) is 10.6 Å². The number of aryl methyl sites for hydroxylation is 1. The van der Waals surface area contributed by atoms with E-state index in [0.29, 0.717) is 0 Å². The van der Waals surface area contributed by atoms with Gasteiger partial charge in [0.15, 0.2) is 0 Å². The maximum absolute atomic E-state index is 12.1. The Hall–Kier alpha value is -3.39. The normalized spacial score (nSPS) is 12.5. The quantitative estimate of drug-likeness (QED) is 0.470. The number of aliphatic hydroxyl groups excluding tert-OH is 1. The second-order valence-electron chi connectivity index (χ2n) is 6.95. The molecule has 2 aromatic carbocycles. The molecule has 0 fully saturated rings. The topological polar surface area (TPSA) is 125 Å². The number of alkyl carbamates (subject to hydrolysis) is 1. The van der Waals surface area contributed by atoms with Gasteiger partial charge in [-0.25, -0.2) is 9.59 Å². The Labute approximate surface area is 174 Å². The first-order valence-electron chi connectivity index (χ1n) is 9.54. The van der Waals surface area contributed by atoms with Crippen LogP contribution in [0.1, 0.15) is 23.1 Å². The van der Waals surface area contributed by atoms with E-state index in [-0.39, 0.29) is 26.0 Å². The van der Waals surface area contributed by atoms with E-state index in [1.165, 1.54) is 0 Å². The minimum atomic E-state index is -1.18. The van der Waals surface area contributed by atoms with E-state index in [9.17, 15) is 24.6 Å². The Morgan fingerprint density at radius 2 is 1.73 bits per heavy atom. The number of ether oxygens (including phenoxy) is 1. The molecule has 2 aromatic rings. The van der Waals surface area contributed by atoms with Crippen molar-refractivity contribution in [3.05, 3.63) is 71.3 Å². The third kappa shape index (κ3) is 8.32. The molecule has 4 N–H and O–H groups in total. The van der Waals surface area contributed by atoms with Crippen molar-refractivity contribution in [1.29, 1.82) is 0 Å². The van der Waals surface area contributed by atoms with Gasteiger partial charge in [0.25, 0.3) is 0 Å². The lowest BCUT2D eigenvalue weighted by atomic mass is 10.0. The molecule has 8 heteroatoms. The van der Waals surface area contributed by atoms with E-state index >= 15 is 0 Å². The Bertz CT molecular complexity index is 856. The van der Waals surface area contributed by atoms with Crippen molar-refractivity contribution in [2.45, 2.75) is 38.5 Å². The maximum Gasteiger partial charge on any atom is 0.407 e. The van der Waals surface area contributed by atoms with Gasteiger partial charge >= 0.3 is 12.1 Å². The van der Waals surface area contributed by atoms with Crippen molar-refractivity contribution in [3.8, 4) is 0 Å². The van der Waals surface area contributed by atoms with Crippen LogP contribution in [0.15, 0.2) is 54.6 Å². The summed E-state index contributed by atoms with van der Waals surface area (Å²) in [6, 6.07) is 15.3. The van der Waals surface area contributed by atoms with Crippen LogP contribution >= 0.6 is 0 Å². The fraction of sp³-hybridized carbons (Fsp3) is 0.318. The SMILES string of the molecule is Cc1cccc(C[C@H](NC(=O)C[C@@H](O)CNC(=O)OCc2ccccc2)C(=O)O)c1. The van der Waals surface area contributed by atoms with Gasteiger partial charge in [-0.05, 0) is 18.1 Å².